The third kappa shape index (κ3) is 3.77. The van der Waals surface area contributed by atoms with Gasteiger partial charge in [-0.3, -0.25) is 0 Å². The van der Waals surface area contributed by atoms with Crippen LogP contribution in [-0.2, 0) is 16.2 Å². The van der Waals surface area contributed by atoms with Crippen molar-refractivity contribution in [2.75, 3.05) is 0 Å². The summed E-state index contributed by atoms with van der Waals surface area (Å²) in [6.07, 6.45) is 1.61. The van der Waals surface area contributed by atoms with E-state index in [1.54, 1.807) is 19.2 Å². The number of amides is 1. The van der Waals surface area contributed by atoms with E-state index in [2.05, 4.69) is 17.2 Å². The van der Waals surface area contributed by atoms with E-state index in [4.69, 9.17) is 0 Å². The zero-order valence-corrected chi connectivity index (χ0v) is 19.2. The number of hydrogen-bond acceptors (Lipinski definition) is 3. The van der Waals surface area contributed by atoms with Crippen LogP contribution < -0.4 is 14.3 Å². The van der Waals surface area contributed by atoms with E-state index in [9.17, 15) is 12.7 Å². The van der Waals surface area contributed by atoms with Crippen molar-refractivity contribution in [2.24, 2.45) is 0 Å². The fourth-order valence-corrected chi connectivity index (χ4v) is 8.14. The topological polar surface area (TPSA) is 68.2 Å². The quantitative estimate of drug-likeness (QED) is 0.452. The van der Waals surface area contributed by atoms with Crippen molar-refractivity contribution in [2.45, 2.75) is 31.4 Å². The van der Waals surface area contributed by atoms with Crippen LogP contribution in [0.1, 0.15) is 34.0 Å². The predicted octanol–water partition coefficient (Wildman–Crippen LogP) is 2.25. The van der Waals surface area contributed by atoms with E-state index < -0.39 is 25.7 Å². The molecule has 0 saturated carbocycles. The molecule has 0 spiro atoms. The Morgan fingerprint density at radius 3 is 2.72 bits per heavy atom. The minimum absolute atomic E-state index is 0.107. The SMILES string of the molecule is CC#Cc1c[c]2c3c(c1)c(=O)c(C(=O)NCc1ccc(C)cc1)cn3C[CH2][Sn]2=[O]. The Hall–Kier alpha value is -2.72. The second-order valence-corrected chi connectivity index (χ2v) is 12.6. The molecule has 3 aromatic rings. The van der Waals surface area contributed by atoms with Crippen molar-refractivity contribution in [1.82, 2.24) is 9.88 Å². The van der Waals surface area contributed by atoms with Crippen LogP contribution in [0.2, 0.25) is 4.44 Å². The summed E-state index contributed by atoms with van der Waals surface area (Å²) in [4.78, 5) is 25.9. The van der Waals surface area contributed by atoms with Gasteiger partial charge in [0.2, 0.25) is 0 Å². The first-order valence-electron chi connectivity index (χ1n) is 9.49. The molecule has 1 aromatic heterocycles. The van der Waals surface area contributed by atoms with Gasteiger partial charge in [0.05, 0.1) is 0 Å². The van der Waals surface area contributed by atoms with Crippen LogP contribution in [0, 0.1) is 18.8 Å². The Bertz CT molecular complexity index is 1280. The Balaban J connectivity index is 1.77. The van der Waals surface area contributed by atoms with E-state index in [0.717, 1.165) is 14.7 Å². The van der Waals surface area contributed by atoms with Gasteiger partial charge in [0.25, 0.3) is 0 Å². The van der Waals surface area contributed by atoms with E-state index in [1.807, 2.05) is 41.8 Å². The van der Waals surface area contributed by atoms with Crippen LogP contribution in [-0.4, -0.2) is 30.2 Å². The first-order chi connectivity index (χ1) is 14.0. The van der Waals surface area contributed by atoms with Crippen molar-refractivity contribution in [1.29, 1.82) is 0 Å². The fraction of sp³-hybridized carbons (Fsp3) is 0.217. The van der Waals surface area contributed by atoms with Gasteiger partial charge in [-0.1, -0.05) is 0 Å². The zero-order chi connectivity index (χ0) is 20.5. The summed E-state index contributed by atoms with van der Waals surface area (Å²) >= 11 is -2.98. The zero-order valence-electron chi connectivity index (χ0n) is 16.3. The molecule has 6 heteroatoms. The molecule has 29 heavy (non-hydrogen) atoms. The number of aromatic nitrogens is 1. The molecule has 0 saturated heterocycles. The van der Waals surface area contributed by atoms with E-state index in [0.29, 0.717) is 34.0 Å². The molecule has 1 aliphatic heterocycles. The molecule has 0 unspecified atom stereocenters. The van der Waals surface area contributed by atoms with Gasteiger partial charge < -0.3 is 0 Å². The summed E-state index contributed by atoms with van der Waals surface area (Å²) in [6.45, 7) is 4.65. The number of nitrogens with zero attached hydrogens (tertiary/aromatic N) is 1. The summed E-state index contributed by atoms with van der Waals surface area (Å²) in [5.41, 5.74) is 3.27. The molecule has 4 rings (SSSR count). The number of nitrogens with one attached hydrogen (secondary N) is 1. The Labute approximate surface area is 175 Å². The Morgan fingerprint density at radius 1 is 1.24 bits per heavy atom. The molecule has 0 atom stereocenters. The Kier molecular flexibility index (Phi) is 5.37. The third-order valence-electron chi connectivity index (χ3n) is 5.14. The van der Waals surface area contributed by atoms with Gasteiger partial charge in [-0.05, 0) is 6.92 Å². The molecule has 5 nitrogen and oxygen atoms in total. The van der Waals surface area contributed by atoms with Crippen LogP contribution >= 0.6 is 0 Å². The van der Waals surface area contributed by atoms with Crippen LogP contribution in [0.3, 0.4) is 0 Å². The number of pyridine rings is 1. The maximum absolute atomic E-state index is 13.1. The molecular weight excluding hydrogens is 471 g/mol. The normalized spacial score (nSPS) is 12.4. The summed E-state index contributed by atoms with van der Waals surface area (Å²) < 4.78 is 16.0. The molecule has 1 N–H and O–H groups in total. The number of rotatable bonds is 3. The van der Waals surface area contributed by atoms with E-state index >= 15 is 0 Å². The number of benzene rings is 2. The molecule has 2 aromatic carbocycles. The van der Waals surface area contributed by atoms with Crippen LogP contribution in [0.25, 0.3) is 10.9 Å². The fourth-order valence-electron chi connectivity index (χ4n) is 3.65. The maximum atomic E-state index is 13.1. The number of hydrogen-bond donors (Lipinski definition) is 1. The second-order valence-electron chi connectivity index (χ2n) is 7.20. The van der Waals surface area contributed by atoms with E-state index in [-0.39, 0.29) is 11.0 Å². The van der Waals surface area contributed by atoms with Gasteiger partial charge in [0, 0.05) is 0 Å². The molecular formula is C23H20N2O3Sn. The number of carbonyl (C=O) groups is 1. The standard InChI is InChI=1S/C23H20N2O2.O.Sn/c1-4-6-17-11-12-21-19(13-17)22(26)20(15-25(21)5-2)23(27)24-14-18-9-7-16(3)8-10-18;;/h7-11,13,15H,2,5,14H2,1,3H3,(H,24,27);;. The van der Waals surface area contributed by atoms with Crippen LogP contribution in [0.5, 0.6) is 0 Å². The van der Waals surface area contributed by atoms with Crippen molar-refractivity contribution in [3.05, 3.63) is 75.1 Å². The van der Waals surface area contributed by atoms with Gasteiger partial charge >= 0.3 is 169 Å². The molecule has 0 aliphatic carbocycles. The van der Waals surface area contributed by atoms with Gasteiger partial charge in [-0.2, -0.15) is 0 Å². The molecule has 1 amide bonds. The average molecular weight is 491 g/mol. The molecule has 0 fully saturated rings. The van der Waals surface area contributed by atoms with Crippen molar-refractivity contribution in [3.63, 3.8) is 0 Å². The average Bonchev–Trinajstić information content (AvgIpc) is 2.72. The van der Waals surface area contributed by atoms with Crippen molar-refractivity contribution in [3.8, 4) is 11.8 Å². The summed E-state index contributed by atoms with van der Waals surface area (Å²) in [5, 5.41) is 3.27. The summed E-state index contributed by atoms with van der Waals surface area (Å²) in [6, 6.07) is 11.4. The Morgan fingerprint density at radius 2 is 2.00 bits per heavy atom. The second kappa shape index (κ2) is 7.96. The van der Waals surface area contributed by atoms with Gasteiger partial charge in [-0.25, -0.2) is 0 Å². The molecule has 0 radical (unpaired) electrons. The predicted molar refractivity (Wildman–Crippen MR) is 114 cm³/mol. The number of aryl methyl sites for hydroxylation is 2. The first-order valence-corrected chi connectivity index (χ1v) is 14.1. The van der Waals surface area contributed by atoms with Gasteiger partial charge in [0.15, 0.2) is 0 Å². The molecule has 0 bridgehead atoms. The summed E-state index contributed by atoms with van der Waals surface area (Å²) in [5.74, 6) is 5.39. The van der Waals surface area contributed by atoms with Gasteiger partial charge in [0.1, 0.15) is 0 Å². The van der Waals surface area contributed by atoms with Crippen molar-refractivity contribution >= 4 is 40.1 Å². The monoisotopic (exact) mass is 492 g/mol. The van der Waals surface area contributed by atoms with E-state index in [1.165, 1.54) is 0 Å². The molecule has 144 valence electrons. The summed E-state index contributed by atoms with van der Waals surface area (Å²) in [7, 11) is 0. The van der Waals surface area contributed by atoms with Crippen molar-refractivity contribution < 1.29 is 7.87 Å². The number of carbonyl (C=O) groups excluding carboxylic acids is 1. The molecule has 1 aliphatic rings. The van der Waals surface area contributed by atoms with Gasteiger partial charge in [-0.15, -0.1) is 0 Å². The molecule has 2 heterocycles. The van der Waals surface area contributed by atoms with Crippen LogP contribution in [0.15, 0.2) is 47.4 Å². The van der Waals surface area contributed by atoms with Crippen LogP contribution in [0.4, 0.5) is 0 Å². The minimum atomic E-state index is -2.98. The third-order valence-corrected chi connectivity index (χ3v) is 9.88. The first kappa shape index (κ1) is 19.6.